The summed E-state index contributed by atoms with van der Waals surface area (Å²) in [5.74, 6) is 0.803. The van der Waals surface area contributed by atoms with Crippen molar-refractivity contribution in [2.75, 3.05) is 12.3 Å². The van der Waals surface area contributed by atoms with Crippen molar-refractivity contribution >= 4 is 34.2 Å². The molecule has 0 saturated carbocycles. The van der Waals surface area contributed by atoms with Gasteiger partial charge in [-0.1, -0.05) is 26.0 Å². The maximum absolute atomic E-state index is 13.0. The predicted molar refractivity (Wildman–Crippen MR) is 120 cm³/mol. The van der Waals surface area contributed by atoms with Crippen LogP contribution >= 0.6 is 11.8 Å². The molecule has 6 nitrogen and oxygen atoms in total. The van der Waals surface area contributed by atoms with Crippen molar-refractivity contribution in [3.8, 4) is 0 Å². The summed E-state index contributed by atoms with van der Waals surface area (Å²) in [4.78, 5) is 34.4. The van der Waals surface area contributed by atoms with E-state index in [0.29, 0.717) is 40.3 Å². The van der Waals surface area contributed by atoms with E-state index in [9.17, 15) is 9.59 Å². The molecular formula is C23H22N4O2S. The average Bonchev–Trinajstić information content (AvgIpc) is 2.77. The van der Waals surface area contributed by atoms with Crippen molar-refractivity contribution in [2.24, 2.45) is 0 Å². The molecule has 0 bridgehead atoms. The maximum atomic E-state index is 13.0. The Morgan fingerprint density at radius 2 is 2.03 bits per heavy atom. The molecule has 0 unspecified atom stereocenters. The highest BCUT2D eigenvalue weighted by atomic mass is 32.2. The second kappa shape index (κ2) is 8.67. The minimum Gasteiger partial charge on any atom is -0.351 e. The second-order valence-electron chi connectivity index (χ2n) is 7.27. The first-order chi connectivity index (χ1) is 14.5. The highest BCUT2D eigenvalue weighted by Gasteiger charge is 2.11. The van der Waals surface area contributed by atoms with Crippen LogP contribution in [-0.4, -0.2) is 32.6 Å². The molecule has 30 heavy (non-hydrogen) atoms. The number of thioether (sulfide) groups is 1. The number of fused-ring (bicyclic) bond motifs is 2. The zero-order valence-electron chi connectivity index (χ0n) is 16.8. The number of aromatic nitrogens is 3. The van der Waals surface area contributed by atoms with Crippen molar-refractivity contribution in [2.45, 2.75) is 24.8 Å². The van der Waals surface area contributed by atoms with Gasteiger partial charge < -0.3 is 5.32 Å². The van der Waals surface area contributed by atoms with E-state index in [1.807, 2.05) is 36.4 Å². The molecule has 0 aliphatic rings. The standard InChI is InChI=1S/C23H22N4O2S/c1-15(2)16-6-8-19-18(13-16)23(29)27-14-17(7-9-20(27)26-19)22(28)25-11-12-30-21-5-3-4-10-24-21/h3-10,13-15H,11-12H2,1-2H3,(H,25,28). The van der Waals surface area contributed by atoms with Crippen LogP contribution < -0.4 is 10.9 Å². The number of nitrogens with one attached hydrogen (secondary N) is 1. The summed E-state index contributed by atoms with van der Waals surface area (Å²) in [7, 11) is 0. The van der Waals surface area contributed by atoms with Gasteiger partial charge in [0.25, 0.3) is 11.5 Å². The highest BCUT2D eigenvalue weighted by molar-refractivity contribution is 7.99. The van der Waals surface area contributed by atoms with Gasteiger partial charge in [0.15, 0.2) is 0 Å². The van der Waals surface area contributed by atoms with Crippen molar-refractivity contribution in [1.82, 2.24) is 19.7 Å². The smallest absolute Gasteiger partial charge is 0.265 e. The van der Waals surface area contributed by atoms with E-state index in [0.717, 1.165) is 10.6 Å². The molecule has 1 amide bonds. The molecule has 1 aromatic carbocycles. The number of carbonyl (C=O) groups is 1. The van der Waals surface area contributed by atoms with Gasteiger partial charge in [0.2, 0.25) is 0 Å². The lowest BCUT2D eigenvalue weighted by Gasteiger charge is -2.09. The average molecular weight is 419 g/mol. The molecule has 0 spiro atoms. The Bertz CT molecular complexity index is 1270. The van der Waals surface area contributed by atoms with Gasteiger partial charge in [0.1, 0.15) is 5.65 Å². The number of carbonyl (C=O) groups excluding carboxylic acids is 1. The molecular weight excluding hydrogens is 396 g/mol. The van der Waals surface area contributed by atoms with Crippen LogP contribution in [0.15, 0.2) is 70.7 Å². The quantitative estimate of drug-likeness (QED) is 0.292. The van der Waals surface area contributed by atoms with E-state index >= 15 is 0 Å². The third kappa shape index (κ3) is 4.21. The van der Waals surface area contributed by atoms with Crippen LogP contribution in [0.2, 0.25) is 0 Å². The van der Waals surface area contributed by atoms with Gasteiger partial charge in [-0.05, 0) is 47.9 Å². The molecule has 152 valence electrons. The predicted octanol–water partition coefficient (Wildman–Crippen LogP) is 3.89. The summed E-state index contributed by atoms with van der Waals surface area (Å²) in [6.45, 7) is 4.67. The zero-order valence-corrected chi connectivity index (χ0v) is 17.6. The van der Waals surface area contributed by atoms with Crippen molar-refractivity contribution in [3.63, 3.8) is 0 Å². The van der Waals surface area contributed by atoms with Crippen molar-refractivity contribution in [1.29, 1.82) is 0 Å². The minimum atomic E-state index is -0.221. The number of rotatable bonds is 6. The van der Waals surface area contributed by atoms with Gasteiger partial charge in [-0.2, -0.15) is 0 Å². The third-order valence-corrected chi connectivity index (χ3v) is 5.78. The van der Waals surface area contributed by atoms with Crippen LogP contribution in [0.5, 0.6) is 0 Å². The number of amides is 1. The first kappa shape index (κ1) is 20.1. The molecule has 0 fully saturated rings. The van der Waals surface area contributed by atoms with Crippen LogP contribution in [0.3, 0.4) is 0 Å². The lowest BCUT2D eigenvalue weighted by Crippen LogP contribution is -2.27. The fraction of sp³-hybridized carbons (Fsp3) is 0.217. The third-order valence-electron chi connectivity index (χ3n) is 4.84. The Balaban J connectivity index is 1.54. The molecule has 0 radical (unpaired) electrons. The Kier molecular flexibility index (Phi) is 5.81. The van der Waals surface area contributed by atoms with E-state index < -0.39 is 0 Å². The summed E-state index contributed by atoms with van der Waals surface area (Å²) in [5, 5.41) is 4.37. The largest absolute Gasteiger partial charge is 0.351 e. The maximum Gasteiger partial charge on any atom is 0.265 e. The van der Waals surface area contributed by atoms with E-state index in [1.165, 1.54) is 4.40 Å². The topological polar surface area (TPSA) is 76.4 Å². The summed E-state index contributed by atoms with van der Waals surface area (Å²) in [6.07, 6.45) is 3.31. The second-order valence-corrected chi connectivity index (χ2v) is 8.38. The number of benzene rings is 1. The van der Waals surface area contributed by atoms with Gasteiger partial charge in [-0.15, -0.1) is 11.8 Å². The zero-order chi connectivity index (χ0) is 21.1. The first-order valence-electron chi connectivity index (χ1n) is 9.81. The van der Waals surface area contributed by atoms with Crippen LogP contribution in [0, 0.1) is 0 Å². The summed E-state index contributed by atoms with van der Waals surface area (Å²) < 4.78 is 1.45. The lowest BCUT2D eigenvalue weighted by molar-refractivity contribution is 0.0955. The number of pyridine rings is 2. The van der Waals surface area contributed by atoms with E-state index in [4.69, 9.17) is 0 Å². The fourth-order valence-corrected chi connectivity index (χ4v) is 3.89. The molecule has 7 heteroatoms. The normalized spacial score (nSPS) is 11.3. The minimum absolute atomic E-state index is 0.169. The van der Waals surface area contributed by atoms with Gasteiger partial charge in [0, 0.05) is 24.7 Å². The van der Waals surface area contributed by atoms with Crippen LogP contribution in [0.4, 0.5) is 0 Å². The van der Waals surface area contributed by atoms with Crippen molar-refractivity contribution in [3.05, 3.63) is 82.4 Å². The summed E-state index contributed by atoms with van der Waals surface area (Å²) in [5.41, 5.74) is 2.52. The van der Waals surface area contributed by atoms with Gasteiger partial charge in [0.05, 0.1) is 21.5 Å². The monoisotopic (exact) mass is 418 g/mol. The lowest BCUT2D eigenvalue weighted by atomic mass is 10.0. The molecule has 3 aromatic heterocycles. The van der Waals surface area contributed by atoms with E-state index in [-0.39, 0.29) is 11.5 Å². The molecule has 3 heterocycles. The van der Waals surface area contributed by atoms with Crippen LogP contribution in [0.1, 0.15) is 35.7 Å². The number of hydrogen-bond donors (Lipinski definition) is 1. The first-order valence-corrected chi connectivity index (χ1v) is 10.8. The van der Waals surface area contributed by atoms with E-state index in [2.05, 4.69) is 29.1 Å². The SMILES string of the molecule is CC(C)c1ccc2nc3ccc(C(=O)NCCSc4ccccn4)cn3c(=O)c2c1. The molecule has 1 N–H and O–H groups in total. The Hall–Kier alpha value is -3.19. The molecule has 0 aliphatic heterocycles. The van der Waals surface area contributed by atoms with Crippen molar-refractivity contribution < 1.29 is 4.79 Å². The fourth-order valence-electron chi connectivity index (χ4n) is 3.17. The van der Waals surface area contributed by atoms with Gasteiger partial charge >= 0.3 is 0 Å². The Labute approximate surface area is 178 Å². The molecule has 4 rings (SSSR count). The van der Waals surface area contributed by atoms with Gasteiger partial charge in [-0.25, -0.2) is 9.97 Å². The molecule has 0 atom stereocenters. The summed E-state index contributed by atoms with van der Waals surface area (Å²) in [6, 6.07) is 14.9. The Morgan fingerprint density at radius 3 is 2.80 bits per heavy atom. The van der Waals surface area contributed by atoms with Gasteiger partial charge in [-0.3, -0.25) is 14.0 Å². The molecule has 0 aliphatic carbocycles. The van der Waals surface area contributed by atoms with E-state index in [1.54, 1.807) is 36.3 Å². The van der Waals surface area contributed by atoms with Crippen LogP contribution in [0.25, 0.3) is 16.6 Å². The van der Waals surface area contributed by atoms with Crippen LogP contribution in [-0.2, 0) is 0 Å². The number of nitrogens with zero attached hydrogens (tertiary/aromatic N) is 3. The number of hydrogen-bond acceptors (Lipinski definition) is 5. The summed E-state index contributed by atoms with van der Waals surface area (Å²) >= 11 is 1.58. The Morgan fingerprint density at radius 1 is 1.17 bits per heavy atom. The molecule has 4 aromatic rings. The highest BCUT2D eigenvalue weighted by Crippen LogP contribution is 2.19. The molecule has 0 saturated heterocycles.